The second-order valence-electron chi connectivity index (χ2n) is 5.96. The number of rotatable bonds is 8. The minimum Gasteiger partial charge on any atom is -0.384 e. The number of hydrogen-bond donors (Lipinski definition) is 1. The van der Waals surface area contributed by atoms with Crippen LogP contribution in [0.15, 0.2) is 24.3 Å². The molecule has 0 heterocycles. The molecule has 1 unspecified atom stereocenters. The molecule has 1 aliphatic carbocycles. The third-order valence-electron chi connectivity index (χ3n) is 4.42. The monoisotopic (exact) mass is 275 g/mol. The molecule has 1 atom stereocenters. The molecule has 2 rings (SSSR count). The van der Waals surface area contributed by atoms with Gasteiger partial charge in [-0.1, -0.05) is 44.0 Å². The number of hydrogen-bond acceptors (Lipinski definition) is 2. The van der Waals surface area contributed by atoms with E-state index in [1.165, 1.54) is 43.2 Å². The van der Waals surface area contributed by atoms with Crippen molar-refractivity contribution in [1.29, 1.82) is 0 Å². The predicted octanol–water partition coefficient (Wildman–Crippen LogP) is 4.11. The van der Waals surface area contributed by atoms with Gasteiger partial charge >= 0.3 is 0 Å². The van der Waals surface area contributed by atoms with Crippen molar-refractivity contribution in [3.8, 4) is 0 Å². The lowest BCUT2D eigenvalue weighted by atomic mass is 9.91. The molecule has 1 fully saturated rings. The maximum absolute atomic E-state index is 5.15. The zero-order valence-electron chi connectivity index (χ0n) is 13.0. The first kappa shape index (κ1) is 15.5. The first-order chi connectivity index (χ1) is 9.85. The fourth-order valence-corrected chi connectivity index (χ4v) is 3.26. The molecule has 0 aromatic heterocycles. The van der Waals surface area contributed by atoms with Crippen LogP contribution in [0.5, 0.6) is 0 Å². The van der Waals surface area contributed by atoms with Gasteiger partial charge in [-0.25, -0.2) is 0 Å². The van der Waals surface area contributed by atoms with E-state index in [1.54, 1.807) is 7.11 Å². The summed E-state index contributed by atoms with van der Waals surface area (Å²) in [5, 5.41) is 3.77. The van der Waals surface area contributed by atoms with Crippen molar-refractivity contribution in [3.05, 3.63) is 35.4 Å². The Morgan fingerprint density at radius 3 is 2.50 bits per heavy atom. The van der Waals surface area contributed by atoms with E-state index in [4.69, 9.17) is 4.74 Å². The molecule has 1 aliphatic rings. The van der Waals surface area contributed by atoms with Gasteiger partial charge in [0.05, 0.1) is 6.61 Å². The highest BCUT2D eigenvalue weighted by atomic mass is 16.5. The molecule has 2 nitrogen and oxygen atoms in total. The van der Waals surface area contributed by atoms with Gasteiger partial charge in [0.1, 0.15) is 0 Å². The molecule has 0 aliphatic heterocycles. The molecular weight excluding hydrogens is 246 g/mol. The Bertz CT molecular complexity index is 368. The first-order valence-corrected chi connectivity index (χ1v) is 8.16. The van der Waals surface area contributed by atoms with Crippen molar-refractivity contribution >= 4 is 0 Å². The van der Waals surface area contributed by atoms with Crippen LogP contribution in [0.2, 0.25) is 0 Å². The van der Waals surface area contributed by atoms with Crippen molar-refractivity contribution in [1.82, 2.24) is 5.32 Å². The Morgan fingerprint density at radius 1 is 1.20 bits per heavy atom. The number of nitrogens with one attached hydrogen (secondary N) is 1. The Labute approximate surface area is 123 Å². The van der Waals surface area contributed by atoms with Crippen molar-refractivity contribution in [2.75, 3.05) is 20.3 Å². The van der Waals surface area contributed by atoms with E-state index in [2.05, 4.69) is 36.5 Å². The van der Waals surface area contributed by atoms with Gasteiger partial charge in [0.25, 0.3) is 0 Å². The summed E-state index contributed by atoms with van der Waals surface area (Å²) in [6, 6.07) is 9.72. The van der Waals surface area contributed by atoms with E-state index in [9.17, 15) is 0 Å². The summed E-state index contributed by atoms with van der Waals surface area (Å²) >= 11 is 0. The summed E-state index contributed by atoms with van der Waals surface area (Å²) in [6.07, 6.45) is 7.78. The highest BCUT2D eigenvalue weighted by Crippen LogP contribution is 2.35. The van der Waals surface area contributed by atoms with E-state index < -0.39 is 0 Å². The van der Waals surface area contributed by atoms with Gasteiger partial charge in [0.2, 0.25) is 0 Å². The third kappa shape index (κ3) is 4.32. The van der Waals surface area contributed by atoms with Crippen molar-refractivity contribution in [2.45, 2.75) is 51.5 Å². The van der Waals surface area contributed by atoms with Crippen molar-refractivity contribution < 1.29 is 4.74 Å². The molecule has 20 heavy (non-hydrogen) atoms. The Kier molecular flexibility index (Phi) is 6.55. The molecule has 0 saturated heterocycles. The average Bonchev–Trinajstić information content (AvgIpc) is 3.01. The van der Waals surface area contributed by atoms with Gasteiger partial charge in [0, 0.05) is 13.2 Å². The highest BCUT2D eigenvalue weighted by Gasteiger charge is 2.25. The lowest BCUT2D eigenvalue weighted by molar-refractivity contribution is 0.202. The van der Waals surface area contributed by atoms with Crippen LogP contribution in [-0.2, 0) is 11.2 Å². The van der Waals surface area contributed by atoms with Crippen LogP contribution in [0.3, 0.4) is 0 Å². The first-order valence-electron chi connectivity index (χ1n) is 8.16. The second kappa shape index (κ2) is 8.43. The molecule has 112 valence electrons. The van der Waals surface area contributed by atoms with E-state index in [-0.39, 0.29) is 0 Å². The normalized spacial score (nSPS) is 17.5. The predicted molar refractivity (Wildman–Crippen MR) is 85.0 cm³/mol. The Balaban J connectivity index is 2.03. The fraction of sp³-hybridized carbons (Fsp3) is 0.667. The van der Waals surface area contributed by atoms with E-state index in [0.717, 1.165) is 25.5 Å². The lowest BCUT2D eigenvalue weighted by Crippen LogP contribution is -2.27. The van der Waals surface area contributed by atoms with Gasteiger partial charge < -0.3 is 10.1 Å². The van der Waals surface area contributed by atoms with Crippen molar-refractivity contribution in [3.63, 3.8) is 0 Å². The molecule has 2 heteroatoms. The minimum atomic E-state index is 0.550. The molecule has 1 aromatic rings. The quantitative estimate of drug-likeness (QED) is 0.771. The zero-order valence-corrected chi connectivity index (χ0v) is 13.0. The molecule has 1 saturated carbocycles. The molecule has 0 spiro atoms. The summed E-state index contributed by atoms with van der Waals surface area (Å²) in [5.41, 5.74) is 2.84. The minimum absolute atomic E-state index is 0.550. The largest absolute Gasteiger partial charge is 0.384 e. The van der Waals surface area contributed by atoms with Crippen molar-refractivity contribution in [2.24, 2.45) is 5.92 Å². The summed E-state index contributed by atoms with van der Waals surface area (Å²) in [5.74, 6) is 0.825. The SMILES string of the molecule is CCCNC(c1ccc(CCOC)cc1)C1CCCC1. The van der Waals surface area contributed by atoms with Crippen LogP contribution >= 0.6 is 0 Å². The van der Waals surface area contributed by atoms with E-state index in [1.807, 2.05) is 0 Å². The second-order valence-corrected chi connectivity index (χ2v) is 5.96. The summed E-state index contributed by atoms with van der Waals surface area (Å²) in [7, 11) is 1.76. The van der Waals surface area contributed by atoms with E-state index >= 15 is 0 Å². The molecule has 0 bridgehead atoms. The summed E-state index contributed by atoms with van der Waals surface area (Å²) < 4.78 is 5.15. The van der Waals surface area contributed by atoms with Crippen LogP contribution in [0.25, 0.3) is 0 Å². The molecular formula is C18H29NO. The van der Waals surface area contributed by atoms with Gasteiger partial charge in [-0.05, 0) is 49.3 Å². The molecule has 0 radical (unpaired) electrons. The topological polar surface area (TPSA) is 21.3 Å². The smallest absolute Gasteiger partial charge is 0.0502 e. The van der Waals surface area contributed by atoms with Gasteiger partial charge in [-0.3, -0.25) is 0 Å². The number of methoxy groups -OCH3 is 1. The van der Waals surface area contributed by atoms with E-state index in [0.29, 0.717) is 6.04 Å². The maximum atomic E-state index is 5.15. The fourth-order valence-electron chi connectivity index (χ4n) is 3.26. The van der Waals surface area contributed by atoms with Crippen LogP contribution < -0.4 is 5.32 Å². The van der Waals surface area contributed by atoms with Gasteiger partial charge in [-0.2, -0.15) is 0 Å². The molecule has 1 N–H and O–H groups in total. The number of benzene rings is 1. The average molecular weight is 275 g/mol. The third-order valence-corrected chi connectivity index (χ3v) is 4.42. The maximum Gasteiger partial charge on any atom is 0.0502 e. The van der Waals surface area contributed by atoms with Crippen LogP contribution in [0, 0.1) is 5.92 Å². The molecule has 0 amide bonds. The summed E-state index contributed by atoms with van der Waals surface area (Å²) in [6.45, 7) is 4.17. The number of ether oxygens (including phenoxy) is 1. The Morgan fingerprint density at radius 2 is 1.90 bits per heavy atom. The van der Waals surface area contributed by atoms with Crippen LogP contribution in [0.1, 0.15) is 56.2 Å². The highest BCUT2D eigenvalue weighted by molar-refractivity contribution is 5.26. The van der Waals surface area contributed by atoms with Gasteiger partial charge in [-0.15, -0.1) is 0 Å². The Hall–Kier alpha value is -0.860. The lowest BCUT2D eigenvalue weighted by Gasteiger charge is -2.25. The summed E-state index contributed by atoms with van der Waals surface area (Å²) in [4.78, 5) is 0. The standard InChI is InChI=1S/C18H29NO/c1-3-13-19-18(16-6-4-5-7-16)17-10-8-15(9-11-17)12-14-20-2/h8-11,16,18-19H,3-7,12-14H2,1-2H3. The van der Waals surface area contributed by atoms with Crippen LogP contribution in [-0.4, -0.2) is 20.3 Å². The molecule has 1 aromatic carbocycles. The van der Waals surface area contributed by atoms with Gasteiger partial charge in [0.15, 0.2) is 0 Å². The van der Waals surface area contributed by atoms with Crippen LogP contribution in [0.4, 0.5) is 0 Å². The zero-order chi connectivity index (χ0) is 14.2.